The molecule has 2 aromatic carbocycles. The molecule has 0 fully saturated rings. The first-order valence-corrected chi connectivity index (χ1v) is 8.86. The highest BCUT2D eigenvalue weighted by Gasteiger charge is 2.06. The van der Waals surface area contributed by atoms with E-state index in [0.717, 1.165) is 15.7 Å². The molecule has 0 radical (unpaired) electrons. The third kappa shape index (κ3) is 5.14. The predicted octanol–water partition coefficient (Wildman–Crippen LogP) is 3.87. The summed E-state index contributed by atoms with van der Waals surface area (Å²) in [5, 5.41) is 10.2. The molecule has 0 bridgehead atoms. The van der Waals surface area contributed by atoms with Crippen LogP contribution in [0, 0.1) is 0 Å². The lowest BCUT2D eigenvalue weighted by atomic mass is 10.2. The van der Waals surface area contributed by atoms with Gasteiger partial charge in [0, 0.05) is 22.8 Å². The first-order chi connectivity index (χ1) is 13.2. The molecule has 3 aromatic rings. The Morgan fingerprint density at radius 1 is 1.00 bits per heavy atom. The highest BCUT2D eigenvalue weighted by atomic mass is 79.9. The zero-order valence-corrected chi connectivity index (χ0v) is 16.4. The summed E-state index contributed by atoms with van der Waals surface area (Å²) in [5.41, 5.74) is 4.51. The lowest BCUT2D eigenvalue weighted by Crippen LogP contribution is -2.07. The molecule has 0 spiro atoms. The maximum absolute atomic E-state index is 5.32. The second kappa shape index (κ2) is 8.95. The molecule has 0 amide bonds. The standard InChI is InChI=1S/C18H18BrN7O/c1-20-16-23-17(22-14-6-4-3-5-7-14)25-18(24-16)26-21-11-12-10-13(19)8-9-15(12)27-2/h3-11H,1-2H3,(H3,20,22,23,24,25,26)/b21-11+. The van der Waals surface area contributed by atoms with E-state index in [2.05, 4.69) is 52.0 Å². The molecule has 0 aliphatic rings. The number of methoxy groups -OCH3 is 1. The van der Waals surface area contributed by atoms with Gasteiger partial charge in [0.25, 0.3) is 0 Å². The molecule has 0 atom stereocenters. The molecule has 1 heterocycles. The topological polar surface area (TPSA) is 96.4 Å². The summed E-state index contributed by atoms with van der Waals surface area (Å²) in [6.45, 7) is 0. The smallest absolute Gasteiger partial charge is 0.250 e. The number of halogens is 1. The van der Waals surface area contributed by atoms with Crippen LogP contribution in [-0.2, 0) is 0 Å². The van der Waals surface area contributed by atoms with Crippen LogP contribution < -0.4 is 20.8 Å². The van der Waals surface area contributed by atoms with Gasteiger partial charge in [0.05, 0.1) is 13.3 Å². The lowest BCUT2D eigenvalue weighted by molar-refractivity contribution is 0.414. The number of ether oxygens (including phenoxy) is 1. The van der Waals surface area contributed by atoms with Crippen LogP contribution in [0.4, 0.5) is 23.5 Å². The van der Waals surface area contributed by atoms with Crippen LogP contribution in [0.2, 0.25) is 0 Å². The van der Waals surface area contributed by atoms with Crippen molar-refractivity contribution in [2.45, 2.75) is 0 Å². The number of hydrogen-bond donors (Lipinski definition) is 3. The van der Waals surface area contributed by atoms with E-state index in [9.17, 15) is 0 Å². The Labute approximate surface area is 165 Å². The molecule has 0 saturated carbocycles. The summed E-state index contributed by atoms with van der Waals surface area (Å²) in [7, 11) is 3.35. The van der Waals surface area contributed by atoms with Crippen LogP contribution in [0.25, 0.3) is 0 Å². The van der Waals surface area contributed by atoms with Crippen molar-refractivity contribution in [3.8, 4) is 5.75 Å². The van der Waals surface area contributed by atoms with Gasteiger partial charge in [-0.05, 0) is 30.3 Å². The van der Waals surface area contributed by atoms with Crippen molar-refractivity contribution in [3.05, 3.63) is 58.6 Å². The van der Waals surface area contributed by atoms with Crippen LogP contribution in [-0.4, -0.2) is 35.3 Å². The molecule has 0 saturated heterocycles. The molecule has 27 heavy (non-hydrogen) atoms. The number of rotatable bonds is 7. The van der Waals surface area contributed by atoms with Gasteiger partial charge in [-0.2, -0.15) is 20.1 Å². The number of hydrogen-bond acceptors (Lipinski definition) is 8. The van der Waals surface area contributed by atoms with E-state index < -0.39 is 0 Å². The molecular weight excluding hydrogens is 410 g/mol. The molecule has 9 heteroatoms. The number of hydrazone groups is 1. The van der Waals surface area contributed by atoms with E-state index in [1.807, 2.05) is 48.5 Å². The molecule has 0 aliphatic carbocycles. The van der Waals surface area contributed by atoms with Gasteiger partial charge < -0.3 is 15.4 Å². The maximum Gasteiger partial charge on any atom is 0.250 e. The van der Waals surface area contributed by atoms with E-state index in [1.165, 1.54) is 0 Å². The molecule has 1 aromatic heterocycles. The van der Waals surface area contributed by atoms with Crippen LogP contribution in [0.3, 0.4) is 0 Å². The normalized spacial score (nSPS) is 10.6. The third-order valence-electron chi connectivity index (χ3n) is 3.45. The Morgan fingerprint density at radius 3 is 2.48 bits per heavy atom. The number of aromatic nitrogens is 3. The number of nitrogens with zero attached hydrogens (tertiary/aromatic N) is 4. The first kappa shape index (κ1) is 18.6. The fraction of sp³-hybridized carbons (Fsp3) is 0.111. The van der Waals surface area contributed by atoms with Crippen molar-refractivity contribution >= 4 is 45.7 Å². The molecule has 0 aliphatic heterocycles. The van der Waals surface area contributed by atoms with Gasteiger partial charge in [-0.3, -0.25) is 0 Å². The summed E-state index contributed by atoms with van der Waals surface area (Å²) < 4.78 is 6.25. The van der Waals surface area contributed by atoms with Crippen LogP contribution in [0.15, 0.2) is 58.1 Å². The predicted molar refractivity (Wildman–Crippen MR) is 111 cm³/mol. The van der Waals surface area contributed by atoms with E-state index >= 15 is 0 Å². The number of nitrogens with one attached hydrogen (secondary N) is 3. The summed E-state index contributed by atoms with van der Waals surface area (Å²) in [5.74, 6) is 1.83. The van der Waals surface area contributed by atoms with E-state index in [-0.39, 0.29) is 0 Å². The van der Waals surface area contributed by atoms with Gasteiger partial charge >= 0.3 is 0 Å². The van der Waals surface area contributed by atoms with Crippen molar-refractivity contribution in [3.63, 3.8) is 0 Å². The average Bonchev–Trinajstić information content (AvgIpc) is 2.69. The minimum absolute atomic E-state index is 0.304. The Kier molecular flexibility index (Phi) is 6.16. The van der Waals surface area contributed by atoms with Gasteiger partial charge in [0.2, 0.25) is 17.8 Å². The number of para-hydroxylation sites is 1. The summed E-state index contributed by atoms with van der Waals surface area (Å²) in [6.07, 6.45) is 1.64. The fourth-order valence-corrected chi connectivity index (χ4v) is 2.59. The van der Waals surface area contributed by atoms with Crippen LogP contribution >= 0.6 is 15.9 Å². The van der Waals surface area contributed by atoms with Crippen molar-refractivity contribution in [1.29, 1.82) is 0 Å². The fourth-order valence-electron chi connectivity index (χ4n) is 2.21. The van der Waals surface area contributed by atoms with E-state index in [1.54, 1.807) is 20.4 Å². The van der Waals surface area contributed by atoms with Crippen molar-refractivity contribution in [1.82, 2.24) is 15.0 Å². The summed E-state index contributed by atoms with van der Waals surface area (Å²) in [6, 6.07) is 15.3. The first-order valence-electron chi connectivity index (χ1n) is 8.06. The van der Waals surface area contributed by atoms with E-state index in [0.29, 0.717) is 23.6 Å². The van der Waals surface area contributed by atoms with Crippen LogP contribution in [0.1, 0.15) is 5.56 Å². The Balaban J connectivity index is 1.78. The lowest BCUT2D eigenvalue weighted by Gasteiger charge is -2.08. The second-order valence-corrected chi connectivity index (χ2v) is 6.22. The maximum atomic E-state index is 5.32. The number of benzene rings is 2. The molecule has 138 valence electrons. The quantitative estimate of drug-likeness (QED) is 0.388. The molecule has 8 nitrogen and oxygen atoms in total. The second-order valence-electron chi connectivity index (χ2n) is 5.30. The summed E-state index contributed by atoms with van der Waals surface area (Å²) in [4.78, 5) is 12.9. The van der Waals surface area contributed by atoms with Gasteiger partial charge in [-0.1, -0.05) is 34.1 Å². The molecule has 3 N–H and O–H groups in total. The Bertz CT molecular complexity index is 934. The minimum Gasteiger partial charge on any atom is -0.496 e. The van der Waals surface area contributed by atoms with Gasteiger partial charge in [0.1, 0.15) is 5.75 Å². The summed E-state index contributed by atoms with van der Waals surface area (Å²) >= 11 is 3.44. The zero-order chi connectivity index (χ0) is 19.1. The van der Waals surface area contributed by atoms with Gasteiger partial charge in [-0.25, -0.2) is 5.43 Å². The largest absolute Gasteiger partial charge is 0.496 e. The average molecular weight is 428 g/mol. The van der Waals surface area contributed by atoms with Crippen molar-refractivity contribution in [2.75, 3.05) is 30.2 Å². The minimum atomic E-state index is 0.304. The SMILES string of the molecule is CNc1nc(N/N=C/c2cc(Br)ccc2OC)nc(Nc2ccccc2)n1. The monoisotopic (exact) mass is 427 g/mol. The van der Waals surface area contributed by atoms with Gasteiger partial charge in [-0.15, -0.1) is 0 Å². The highest BCUT2D eigenvalue weighted by Crippen LogP contribution is 2.21. The third-order valence-corrected chi connectivity index (χ3v) is 3.94. The molecular formula is C18H18BrN7O. The zero-order valence-electron chi connectivity index (χ0n) is 14.8. The highest BCUT2D eigenvalue weighted by molar-refractivity contribution is 9.10. The Hall–Kier alpha value is -3.20. The van der Waals surface area contributed by atoms with E-state index in [4.69, 9.17) is 4.74 Å². The molecule has 3 rings (SSSR count). The number of anilines is 4. The Morgan fingerprint density at radius 2 is 1.74 bits per heavy atom. The van der Waals surface area contributed by atoms with Crippen molar-refractivity contribution in [2.24, 2.45) is 5.10 Å². The van der Waals surface area contributed by atoms with Crippen LogP contribution in [0.5, 0.6) is 5.75 Å². The van der Waals surface area contributed by atoms with Crippen molar-refractivity contribution < 1.29 is 4.74 Å². The van der Waals surface area contributed by atoms with Gasteiger partial charge in [0.15, 0.2) is 0 Å². The molecule has 0 unspecified atom stereocenters.